The number of hydrogen-bond donors (Lipinski definition) is 1. The number of nitrogens with one attached hydrogen (secondary N) is 1. The summed E-state index contributed by atoms with van der Waals surface area (Å²) in [6, 6.07) is 0. The van der Waals surface area contributed by atoms with Gasteiger partial charge in [-0.25, -0.2) is 4.98 Å². The molecular weight excluding hydrogens is 204 g/mol. The Kier molecular flexibility index (Phi) is 3.30. The number of aryl methyl sites for hydroxylation is 2. The van der Waals surface area contributed by atoms with Gasteiger partial charge >= 0.3 is 0 Å². The summed E-state index contributed by atoms with van der Waals surface area (Å²) in [6.07, 6.45) is 2.29. The number of nitrogens with zero attached hydrogens (tertiary/aromatic N) is 1. The van der Waals surface area contributed by atoms with E-state index in [1.165, 1.54) is 0 Å². The minimum Gasteiger partial charge on any atom is -0.444 e. The van der Waals surface area contributed by atoms with Gasteiger partial charge in [-0.3, -0.25) is 0 Å². The van der Waals surface area contributed by atoms with E-state index in [0.717, 1.165) is 43.3 Å². The molecule has 0 amide bonds. The Morgan fingerprint density at radius 1 is 1.44 bits per heavy atom. The van der Waals surface area contributed by atoms with Gasteiger partial charge in [0, 0.05) is 13.2 Å². The SMILES string of the molecule is Cc1nc(CNCC2(C)CCCO2)oc1C. The maximum absolute atomic E-state index is 5.69. The third-order valence-corrected chi connectivity index (χ3v) is 3.15. The van der Waals surface area contributed by atoms with Gasteiger partial charge in [-0.2, -0.15) is 0 Å². The van der Waals surface area contributed by atoms with Crippen LogP contribution in [-0.4, -0.2) is 23.7 Å². The lowest BCUT2D eigenvalue weighted by atomic mass is 10.0. The Hall–Kier alpha value is -0.870. The molecule has 2 rings (SSSR count). The van der Waals surface area contributed by atoms with Crippen LogP contribution in [-0.2, 0) is 11.3 Å². The summed E-state index contributed by atoms with van der Waals surface area (Å²) in [7, 11) is 0. The molecule has 90 valence electrons. The molecule has 1 aromatic heterocycles. The number of aromatic nitrogens is 1. The van der Waals surface area contributed by atoms with E-state index in [1.54, 1.807) is 0 Å². The van der Waals surface area contributed by atoms with Gasteiger partial charge in [0.15, 0.2) is 0 Å². The highest BCUT2D eigenvalue weighted by Crippen LogP contribution is 2.23. The molecule has 1 aromatic rings. The van der Waals surface area contributed by atoms with E-state index in [4.69, 9.17) is 9.15 Å². The topological polar surface area (TPSA) is 47.3 Å². The zero-order valence-electron chi connectivity index (χ0n) is 10.3. The normalized spacial score (nSPS) is 25.2. The van der Waals surface area contributed by atoms with Crippen LogP contribution in [0.3, 0.4) is 0 Å². The lowest BCUT2D eigenvalue weighted by molar-refractivity contribution is 0.0203. The standard InChI is InChI=1S/C12H20N2O2/c1-9-10(2)16-11(14-9)7-13-8-12(3)5-4-6-15-12/h13H,4-8H2,1-3H3. The molecule has 0 spiro atoms. The lowest BCUT2D eigenvalue weighted by Gasteiger charge is -2.22. The minimum absolute atomic E-state index is 0.00329. The van der Waals surface area contributed by atoms with Gasteiger partial charge in [-0.05, 0) is 33.6 Å². The highest BCUT2D eigenvalue weighted by atomic mass is 16.5. The molecule has 1 atom stereocenters. The average molecular weight is 224 g/mol. The molecule has 0 radical (unpaired) electrons. The molecule has 1 aliphatic heterocycles. The quantitative estimate of drug-likeness (QED) is 0.849. The van der Waals surface area contributed by atoms with Crippen LogP contribution in [0.4, 0.5) is 0 Å². The largest absolute Gasteiger partial charge is 0.444 e. The van der Waals surface area contributed by atoms with Crippen molar-refractivity contribution < 1.29 is 9.15 Å². The fourth-order valence-electron chi connectivity index (χ4n) is 2.02. The predicted molar refractivity (Wildman–Crippen MR) is 61.3 cm³/mol. The van der Waals surface area contributed by atoms with Crippen LogP contribution in [0.2, 0.25) is 0 Å². The minimum atomic E-state index is -0.00329. The van der Waals surface area contributed by atoms with E-state index in [1.807, 2.05) is 13.8 Å². The van der Waals surface area contributed by atoms with Crippen LogP contribution >= 0.6 is 0 Å². The van der Waals surface area contributed by atoms with Crippen LogP contribution in [0, 0.1) is 13.8 Å². The smallest absolute Gasteiger partial charge is 0.208 e. The van der Waals surface area contributed by atoms with Crippen molar-refractivity contribution >= 4 is 0 Å². The summed E-state index contributed by atoms with van der Waals surface area (Å²) in [5.41, 5.74) is 0.969. The third-order valence-electron chi connectivity index (χ3n) is 3.15. The van der Waals surface area contributed by atoms with Gasteiger partial charge < -0.3 is 14.5 Å². The Morgan fingerprint density at radius 2 is 2.25 bits per heavy atom. The van der Waals surface area contributed by atoms with Crippen LogP contribution < -0.4 is 5.32 Å². The molecule has 1 aliphatic rings. The second kappa shape index (κ2) is 4.55. The summed E-state index contributed by atoms with van der Waals surface area (Å²) in [4.78, 5) is 4.33. The lowest BCUT2D eigenvalue weighted by Crippen LogP contribution is -2.36. The maximum Gasteiger partial charge on any atom is 0.208 e. The molecule has 1 N–H and O–H groups in total. The molecule has 1 unspecified atom stereocenters. The Bertz CT molecular complexity index is 334. The van der Waals surface area contributed by atoms with Crippen molar-refractivity contribution in [1.82, 2.24) is 10.3 Å². The second-order valence-corrected chi connectivity index (χ2v) is 4.75. The maximum atomic E-state index is 5.69. The van der Waals surface area contributed by atoms with Crippen LogP contribution in [0.25, 0.3) is 0 Å². The van der Waals surface area contributed by atoms with Gasteiger partial charge in [0.1, 0.15) is 5.76 Å². The molecule has 4 heteroatoms. The molecule has 1 fully saturated rings. The monoisotopic (exact) mass is 224 g/mol. The summed E-state index contributed by atoms with van der Waals surface area (Å²) in [5, 5.41) is 3.34. The van der Waals surface area contributed by atoms with Crippen molar-refractivity contribution in [1.29, 1.82) is 0 Å². The van der Waals surface area contributed by atoms with Crippen LogP contribution in [0.15, 0.2) is 4.42 Å². The zero-order chi connectivity index (χ0) is 11.6. The number of rotatable bonds is 4. The number of ether oxygens (including phenoxy) is 1. The predicted octanol–water partition coefficient (Wildman–Crippen LogP) is 1.95. The van der Waals surface area contributed by atoms with E-state index in [0.29, 0.717) is 6.54 Å². The van der Waals surface area contributed by atoms with Gasteiger partial charge in [-0.1, -0.05) is 0 Å². The Labute approximate surface area is 96.4 Å². The zero-order valence-corrected chi connectivity index (χ0v) is 10.3. The molecule has 0 aromatic carbocycles. The first kappa shape index (κ1) is 11.6. The molecule has 0 aliphatic carbocycles. The van der Waals surface area contributed by atoms with E-state index in [-0.39, 0.29) is 5.60 Å². The van der Waals surface area contributed by atoms with Crippen molar-refractivity contribution in [2.45, 2.75) is 45.8 Å². The Balaban J connectivity index is 1.79. The van der Waals surface area contributed by atoms with Gasteiger partial charge in [-0.15, -0.1) is 0 Å². The van der Waals surface area contributed by atoms with Crippen molar-refractivity contribution in [2.24, 2.45) is 0 Å². The van der Waals surface area contributed by atoms with Gasteiger partial charge in [0.25, 0.3) is 0 Å². The second-order valence-electron chi connectivity index (χ2n) is 4.75. The highest BCUT2D eigenvalue weighted by Gasteiger charge is 2.29. The number of hydrogen-bond acceptors (Lipinski definition) is 4. The molecule has 0 bridgehead atoms. The van der Waals surface area contributed by atoms with Crippen molar-refractivity contribution in [2.75, 3.05) is 13.2 Å². The highest BCUT2D eigenvalue weighted by molar-refractivity contribution is 5.05. The molecule has 1 saturated heterocycles. The van der Waals surface area contributed by atoms with E-state index in [9.17, 15) is 0 Å². The molecule has 16 heavy (non-hydrogen) atoms. The van der Waals surface area contributed by atoms with Gasteiger partial charge in [0.05, 0.1) is 17.8 Å². The molecule has 4 nitrogen and oxygen atoms in total. The fraction of sp³-hybridized carbons (Fsp3) is 0.750. The summed E-state index contributed by atoms with van der Waals surface area (Å²) >= 11 is 0. The van der Waals surface area contributed by atoms with Crippen molar-refractivity contribution in [3.63, 3.8) is 0 Å². The van der Waals surface area contributed by atoms with Crippen molar-refractivity contribution in [3.8, 4) is 0 Å². The first-order valence-electron chi connectivity index (χ1n) is 5.87. The number of oxazole rings is 1. The van der Waals surface area contributed by atoms with E-state index >= 15 is 0 Å². The van der Waals surface area contributed by atoms with E-state index < -0.39 is 0 Å². The average Bonchev–Trinajstić information content (AvgIpc) is 2.76. The first-order chi connectivity index (χ1) is 7.59. The van der Waals surface area contributed by atoms with E-state index in [2.05, 4.69) is 17.2 Å². The Morgan fingerprint density at radius 3 is 2.81 bits per heavy atom. The van der Waals surface area contributed by atoms with Crippen LogP contribution in [0.5, 0.6) is 0 Å². The fourth-order valence-corrected chi connectivity index (χ4v) is 2.02. The molecule has 2 heterocycles. The van der Waals surface area contributed by atoms with Gasteiger partial charge in [0.2, 0.25) is 5.89 Å². The first-order valence-corrected chi connectivity index (χ1v) is 5.87. The van der Waals surface area contributed by atoms with Crippen molar-refractivity contribution in [3.05, 3.63) is 17.3 Å². The summed E-state index contributed by atoms with van der Waals surface area (Å²) in [5.74, 6) is 1.66. The van der Waals surface area contributed by atoms with Crippen LogP contribution in [0.1, 0.15) is 37.1 Å². The molecular formula is C12H20N2O2. The summed E-state index contributed by atoms with van der Waals surface area (Å²) < 4.78 is 11.2. The molecule has 0 saturated carbocycles. The summed E-state index contributed by atoms with van der Waals surface area (Å²) in [6.45, 7) is 8.46. The third kappa shape index (κ3) is 2.62.